The molecule has 0 N–H and O–H groups in total. The maximum absolute atomic E-state index is 4.83. The average molecular weight is 134 g/mol. The molecule has 1 rings (SSSR count). The molecule has 7 heavy (non-hydrogen) atoms. The van der Waals surface area contributed by atoms with Crippen LogP contribution in [0, 0.1) is 0 Å². The minimum absolute atomic E-state index is 0. The zero-order valence-electron chi connectivity index (χ0n) is 3.92. The highest BCUT2D eigenvalue weighted by atomic mass is 31.1. The zero-order chi connectivity index (χ0) is 4.24. The lowest BCUT2D eigenvalue weighted by molar-refractivity contribution is 0.554. The van der Waals surface area contributed by atoms with Gasteiger partial charge in [0.25, 0.3) is 0 Å². The standard InChI is InChI=1S/C4H5OP.H3P/c1-2-4-6-5-3-1;/h1-4,6H;1H3. The van der Waals surface area contributed by atoms with E-state index in [9.17, 15) is 0 Å². The fourth-order valence-electron chi connectivity index (χ4n) is 0.258. The molecule has 0 aliphatic carbocycles. The van der Waals surface area contributed by atoms with Crippen LogP contribution in [0.2, 0.25) is 0 Å². The van der Waals surface area contributed by atoms with E-state index >= 15 is 0 Å². The number of rotatable bonds is 0. The van der Waals surface area contributed by atoms with Crippen molar-refractivity contribution in [2.24, 2.45) is 0 Å². The predicted molar refractivity (Wildman–Crippen MR) is 38.8 cm³/mol. The van der Waals surface area contributed by atoms with Gasteiger partial charge in [-0.1, -0.05) is 6.08 Å². The van der Waals surface area contributed by atoms with Crippen LogP contribution in [0.3, 0.4) is 0 Å². The molecule has 0 aromatic heterocycles. The second-order valence-electron chi connectivity index (χ2n) is 0.923. The van der Waals surface area contributed by atoms with Gasteiger partial charge in [0.05, 0.1) is 15.1 Å². The van der Waals surface area contributed by atoms with Crippen molar-refractivity contribution in [2.45, 2.75) is 0 Å². The molecule has 1 nitrogen and oxygen atoms in total. The van der Waals surface area contributed by atoms with Gasteiger partial charge in [0.2, 0.25) is 0 Å². The first kappa shape index (κ1) is 7.14. The van der Waals surface area contributed by atoms with Crippen LogP contribution in [0.15, 0.2) is 24.2 Å². The summed E-state index contributed by atoms with van der Waals surface area (Å²) in [5.41, 5.74) is 0. The van der Waals surface area contributed by atoms with Crippen LogP contribution in [0.1, 0.15) is 0 Å². The van der Waals surface area contributed by atoms with E-state index in [1.807, 2.05) is 18.0 Å². The van der Waals surface area contributed by atoms with Crippen molar-refractivity contribution in [3.63, 3.8) is 0 Å². The van der Waals surface area contributed by atoms with E-state index < -0.39 is 0 Å². The smallest absolute Gasteiger partial charge is 0.0963 e. The second kappa shape index (κ2) is 4.30. The van der Waals surface area contributed by atoms with Crippen LogP contribution in [-0.2, 0) is 4.52 Å². The molecular weight excluding hydrogens is 126 g/mol. The fraction of sp³-hybridized carbons (Fsp3) is 0. The Hall–Kier alpha value is 0.140. The second-order valence-corrected chi connectivity index (χ2v) is 1.73. The third-order valence-electron chi connectivity index (χ3n) is 0.490. The molecule has 0 aromatic rings. The molecule has 3 heteroatoms. The lowest BCUT2D eigenvalue weighted by atomic mass is 10.6. The van der Waals surface area contributed by atoms with E-state index in [0.717, 1.165) is 0 Å². The van der Waals surface area contributed by atoms with Gasteiger partial charge in [-0.25, -0.2) is 0 Å². The van der Waals surface area contributed by atoms with E-state index in [1.165, 1.54) is 0 Å². The molecular formula is C4H8OP2. The molecule has 2 atom stereocenters. The summed E-state index contributed by atoms with van der Waals surface area (Å²) in [4.78, 5) is 0. The van der Waals surface area contributed by atoms with Crippen molar-refractivity contribution in [3.8, 4) is 0 Å². The van der Waals surface area contributed by atoms with E-state index in [4.69, 9.17) is 4.52 Å². The van der Waals surface area contributed by atoms with Crippen molar-refractivity contribution in [3.05, 3.63) is 24.2 Å². The Balaban J connectivity index is 0.000000360. The lowest BCUT2D eigenvalue weighted by Crippen LogP contribution is -1.60. The molecule has 0 radical (unpaired) electrons. The molecule has 1 aliphatic heterocycles. The Morgan fingerprint density at radius 2 is 2.14 bits per heavy atom. The number of hydrogen-bond donors (Lipinski definition) is 0. The van der Waals surface area contributed by atoms with Gasteiger partial charge < -0.3 is 4.52 Å². The molecule has 0 amide bonds. The van der Waals surface area contributed by atoms with E-state index in [-0.39, 0.29) is 9.90 Å². The molecule has 1 heterocycles. The summed E-state index contributed by atoms with van der Waals surface area (Å²) in [6, 6.07) is 0. The normalized spacial score (nSPS) is 18.3. The maximum Gasteiger partial charge on any atom is 0.0963 e. The highest BCUT2D eigenvalue weighted by molar-refractivity contribution is 7.36. The zero-order valence-corrected chi connectivity index (χ0v) is 6.34. The van der Waals surface area contributed by atoms with Crippen LogP contribution in [0.4, 0.5) is 0 Å². The van der Waals surface area contributed by atoms with Crippen LogP contribution >= 0.6 is 18.7 Å². The van der Waals surface area contributed by atoms with Crippen molar-refractivity contribution in [2.75, 3.05) is 0 Å². The summed E-state index contributed by atoms with van der Waals surface area (Å²) in [5.74, 6) is 1.99. The SMILES string of the molecule is C1=COPC=C1.P. The molecule has 0 spiro atoms. The highest BCUT2D eigenvalue weighted by Gasteiger charge is 1.76. The monoisotopic (exact) mass is 134 g/mol. The Kier molecular flexibility index (Phi) is 4.39. The van der Waals surface area contributed by atoms with Crippen molar-refractivity contribution >= 4 is 18.7 Å². The highest BCUT2D eigenvalue weighted by Crippen LogP contribution is 2.16. The summed E-state index contributed by atoms with van der Waals surface area (Å²) in [6.45, 7) is 0. The summed E-state index contributed by atoms with van der Waals surface area (Å²) in [6.07, 6.45) is 5.54. The first-order valence-electron chi connectivity index (χ1n) is 1.73. The first-order valence-corrected chi connectivity index (χ1v) is 2.71. The third-order valence-corrected chi connectivity index (χ3v) is 1.09. The molecule has 1 aliphatic rings. The largest absolute Gasteiger partial charge is 0.481 e. The molecule has 0 bridgehead atoms. The van der Waals surface area contributed by atoms with E-state index in [2.05, 4.69) is 0 Å². The van der Waals surface area contributed by atoms with Crippen LogP contribution in [0.25, 0.3) is 0 Å². The van der Waals surface area contributed by atoms with Gasteiger partial charge in [-0.05, 0) is 11.9 Å². The predicted octanol–water partition coefficient (Wildman–Crippen LogP) is 1.70. The fourth-order valence-corrected chi connectivity index (χ4v) is 0.683. The quantitative estimate of drug-likeness (QED) is 0.458. The Bertz CT molecular complexity index is 75.7. The lowest BCUT2D eigenvalue weighted by Gasteiger charge is -1.93. The van der Waals surface area contributed by atoms with Gasteiger partial charge in [-0.3, -0.25) is 0 Å². The van der Waals surface area contributed by atoms with Gasteiger partial charge in [0, 0.05) is 0 Å². The summed E-state index contributed by atoms with van der Waals surface area (Å²) < 4.78 is 4.83. The Morgan fingerprint density at radius 1 is 1.29 bits per heavy atom. The first-order chi connectivity index (χ1) is 3.00. The van der Waals surface area contributed by atoms with Crippen molar-refractivity contribution in [1.29, 1.82) is 0 Å². The average Bonchev–Trinajstić information content (AvgIpc) is 1.72. The molecule has 40 valence electrons. The summed E-state index contributed by atoms with van der Waals surface area (Å²) in [5, 5.41) is 0. The van der Waals surface area contributed by atoms with Gasteiger partial charge in [-0.15, -0.1) is 0 Å². The van der Waals surface area contributed by atoms with Crippen LogP contribution < -0.4 is 0 Å². The van der Waals surface area contributed by atoms with Gasteiger partial charge in [-0.2, -0.15) is 9.90 Å². The van der Waals surface area contributed by atoms with E-state index in [1.54, 1.807) is 6.26 Å². The van der Waals surface area contributed by atoms with E-state index in [0.29, 0.717) is 8.81 Å². The third kappa shape index (κ3) is 2.79. The van der Waals surface area contributed by atoms with Crippen molar-refractivity contribution in [1.82, 2.24) is 0 Å². The summed E-state index contributed by atoms with van der Waals surface area (Å²) in [7, 11) is 0.534. The molecule has 0 fully saturated rings. The topological polar surface area (TPSA) is 9.23 Å². The minimum Gasteiger partial charge on any atom is -0.481 e. The van der Waals surface area contributed by atoms with Crippen LogP contribution in [0.5, 0.6) is 0 Å². The van der Waals surface area contributed by atoms with Crippen molar-refractivity contribution < 1.29 is 4.52 Å². The molecule has 2 unspecified atom stereocenters. The maximum atomic E-state index is 4.83. The van der Waals surface area contributed by atoms with Gasteiger partial charge >= 0.3 is 0 Å². The molecule has 0 saturated heterocycles. The van der Waals surface area contributed by atoms with Gasteiger partial charge in [0.1, 0.15) is 0 Å². The Labute approximate surface area is 48.3 Å². The van der Waals surface area contributed by atoms with Gasteiger partial charge in [0.15, 0.2) is 0 Å². The minimum atomic E-state index is 0. The molecule has 0 saturated carbocycles. The summed E-state index contributed by atoms with van der Waals surface area (Å²) >= 11 is 0. The molecule has 0 aromatic carbocycles. The van der Waals surface area contributed by atoms with Crippen LogP contribution in [-0.4, -0.2) is 0 Å². The number of allylic oxidation sites excluding steroid dienone is 2. The number of hydrogen-bond acceptors (Lipinski definition) is 1. The Morgan fingerprint density at radius 3 is 2.29 bits per heavy atom.